The predicted octanol–water partition coefficient (Wildman–Crippen LogP) is 1.87. The van der Waals surface area contributed by atoms with E-state index in [1.807, 2.05) is 5.48 Å². The lowest BCUT2D eigenvalue weighted by Gasteiger charge is -2.08. The Kier molecular flexibility index (Phi) is 2.57. The van der Waals surface area contributed by atoms with Crippen molar-refractivity contribution in [3.05, 3.63) is 35.6 Å². The minimum Gasteiger partial charge on any atom is -0.316 e. The number of hydrogen-bond acceptors (Lipinski definition) is 2. The maximum atomic E-state index is 12.6. The summed E-state index contributed by atoms with van der Waals surface area (Å²) in [5.74, 6) is -0.287. The van der Waals surface area contributed by atoms with Gasteiger partial charge < -0.3 is 5.21 Å². The van der Waals surface area contributed by atoms with Gasteiger partial charge >= 0.3 is 0 Å². The van der Waals surface area contributed by atoms with Gasteiger partial charge in [0.15, 0.2) is 0 Å². The molecule has 0 unspecified atom stereocenters. The summed E-state index contributed by atoms with van der Waals surface area (Å²) in [5.41, 5.74) is 2.77. The largest absolute Gasteiger partial charge is 0.316 e. The fourth-order valence-electron chi connectivity index (χ4n) is 0.850. The number of benzene rings is 1. The van der Waals surface area contributed by atoms with Gasteiger partial charge in [-0.25, -0.2) is 4.39 Å². The molecule has 0 radical (unpaired) electrons. The molecule has 1 aromatic rings. The molecule has 11 heavy (non-hydrogen) atoms. The number of rotatable bonds is 2. The van der Waals surface area contributed by atoms with E-state index in [2.05, 4.69) is 0 Å². The number of hydroxylamine groups is 1. The molecular formula is C8H10FNO. The minimum absolute atomic E-state index is 0.231. The van der Waals surface area contributed by atoms with Crippen molar-refractivity contribution in [1.29, 1.82) is 0 Å². The second kappa shape index (κ2) is 3.46. The lowest BCUT2D eigenvalue weighted by molar-refractivity contribution is 0.133. The summed E-state index contributed by atoms with van der Waals surface area (Å²) in [4.78, 5) is 0. The normalized spacial score (nSPS) is 13.0. The van der Waals surface area contributed by atoms with Crippen LogP contribution in [0.15, 0.2) is 24.3 Å². The van der Waals surface area contributed by atoms with Crippen LogP contribution >= 0.6 is 0 Å². The average molecular weight is 155 g/mol. The summed E-state index contributed by atoms with van der Waals surface area (Å²) in [5, 5.41) is 8.51. The fraction of sp³-hybridized carbons (Fsp3) is 0.250. The van der Waals surface area contributed by atoms with Gasteiger partial charge in [-0.3, -0.25) is 0 Å². The molecule has 1 rings (SSSR count). The lowest BCUT2D eigenvalue weighted by atomic mass is 10.1. The molecular weight excluding hydrogens is 145 g/mol. The molecule has 0 heterocycles. The minimum atomic E-state index is -0.287. The summed E-state index contributed by atoms with van der Waals surface area (Å²) in [7, 11) is 0. The molecule has 3 heteroatoms. The van der Waals surface area contributed by atoms with Crippen LogP contribution in [0.4, 0.5) is 4.39 Å². The molecule has 2 nitrogen and oxygen atoms in total. The van der Waals surface area contributed by atoms with Crippen LogP contribution in [0, 0.1) is 5.82 Å². The molecule has 0 fully saturated rings. The Labute approximate surface area is 64.6 Å². The van der Waals surface area contributed by atoms with Crippen molar-refractivity contribution in [2.24, 2.45) is 0 Å². The maximum Gasteiger partial charge on any atom is 0.123 e. The molecule has 0 bridgehead atoms. The van der Waals surface area contributed by atoms with Crippen LogP contribution in [-0.2, 0) is 0 Å². The molecule has 0 amide bonds. The Balaban J connectivity index is 2.86. The molecule has 0 spiro atoms. The fourth-order valence-corrected chi connectivity index (χ4v) is 0.850. The average Bonchev–Trinajstić information content (AvgIpc) is 2.03. The first-order chi connectivity index (χ1) is 5.24. The predicted molar refractivity (Wildman–Crippen MR) is 39.7 cm³/mol. The van der Waals surface area contributed by atoms with E-state index < -0.39 is 0 Å². The van der Waals surface area contributed by atoms with Crippen molar-refractivity contribution in [2.75, 3.05) is 0 Å². The van der Waals surface area contributed by atoms with Crippen molar-refractivity contribution in [3.63, 3.8) is 0 Å². The third-order valence-corrected chi connectivity index (χ3v) is 1.54. The van der Waals surface area contributed by atoms with Crippen LogP contribution in [0.3, 0.4) is 0 Å². The van der Waals surface area contributed by atoms with E-state index in [4.69, 9.17) is 5.21 Å². The van der Waals surface area contributed by atoms with E-state index in [1.165, 1.54) is 12.1 Å². The number of nitrogens with one attached hydrogen (secondary N) is 1. The van der Waals surface area contributed by atoms with Crippen molar-refractivity contribution < 1.29 is 9.60 Å². The van der Waals surface area contributed by atoms with Crippen molar-refractivity contribution in [3.8, 4) is 0 Å². The standard InChI is InChI=1S/C8H10FNO/c1-6(10-11)7-3-2-4-8(9)5-7/h2-6,10-11H,1H3/t6-/m1/s1. The zero-order valence-electron chi connectivity index (χ0n) is 6.21. The monoisotopic (exact) mass is 155 g/mol. The second-order valence-electron chi connectivity index (χ2n) is 2.41. The van der Waals surface area contributed by atoms with Gasteiger partial charge in [-0.2, -0.15) is 5.48 Å². The van der Waals surface area contributed by atoms with Gasteiger partial charge in [0.25, 0.3) is 0 Å². The maximum absolute atomic E-state index is 12.6. The van der Waals surface area contributed by atoms with Crippen molar-refractivity contribution >= 4 is 0 Å². The Hall–Kier alpha value is -0.930. The zero-order valence-corrected chi connectivity index (χ0v) is 6.21. The molecule has 0 aliphatic rings. The SMILES string of the molecule is C[C@@H](NO)c1cccc(F)c1. The van der Waals surface area contributed by atoms with Gasteiger partial charge in [0.05, 0.1) is 6.04 Å². The third kappa shape index (κ3) is 2.00. The van der Waals surface area contributed by atoms with Crippen LogP contribution in [0.5, 0.6) is 0 Å². The summed E-state index contributed by atoms with van der Waals surface area (Å²) in [6.45, 7) is 1.74. The van der Waals surface area contributed by atoms with Gasteiger partial charge in [-0.1, -0.05) is 12.1 Å². The number of hydrogen-bond donors (Lipinski definition) is 2. The van der Waals surface area contributed by atoms with Crippen molar-refractivity contribution in [1.82, 2.24) is 5.48 Å². The van der Waals surface area contributed by atoms with Gasteiger partial charge in [-0.15, -0.1) is 0 Å². The highest BCUT2D eigenvalue weighted by Gasteiger charge is 2.02. The van der Waals surface area contributed by atoms with E-state index in [-0.39, 0.29) is 11.9 Å². The molecule has 60 valence electrons. The molecule has 0 aliphatic carbocycles. The van der Waals surface area contributed by atoms with Gasteiger partial charge in [0.2, 0.25) is 0 Å². The Morgan fingerprint density at radius 1 is 1.55 bits per heavy atom. The highest BCUT2D eigenvalue weighted by Crippen LogP contribution is 2.11. The summed E-state index contributed by atoms with van der Waals surface area (Å²) < 4.78 is 12.6. The Morgan fingerprint density at radius 2 is 2.27 bits per heavy atom. The molecule has 0 saturated carbocycles. The van der Waals surface area contributed by atoms with Crippen molar-refractivity contribution in [2.45, 2.75) is 13.0 Å². The first-order valence-electron chi connectivity index (χ1n) is 3.39. The highest BCUT2D eigenvalue weighted by atomic mass is 19.1. The van der Waals surface area contributed by atoms with Crippen LogP contribution in [0.1, 0.15) is 18.5 Å². The second-order valence-corrected chi connectivity index (χ2v) is 2.41. The van der Waals surface area contributed by atoms with Gasteiger partial charge in [0.1, 0.15) is 5.82 Å². The van der Waals surface area contributed by atoms with Crippen LogP contribution in [-0.4, -0.2) is 5.21 Å². The third-order valence-electron chi connectivity index (χ3n) is 1.54. The van der Waals surface area contributed by atoms with E-state index in [0.717, 1.165) is 5.56 Å². The summed E-state index contributed by atoms with van der Waals surface area (Å²) in [6.07, 6.45) is 0. The Bertz CT molecular complexity index is 239. The molecule has 2 N–H and O–H groups in total. The first-order valence-corrected chi connectivity index (χ1v) is 3.39. The van der Waals surface area contributed by atoms with E-state index in [0.29, 0.717) is 0 Å². The van der Waals surface area contributed by atoms with E-state index >= 15 is 0 Å². The highest BCUT2D eigenvalue weighted by molar-refractivity contribution is 5.18. The lowest BCUT2D eigenvalue weighted by Crippen LogP contribution is -2.12. The number of halogens is 1. The Morgan fingerprint density at radius 3 is 2.82 bits per heavy atom. The molecule has 1 atom stereocenters. The quantitative estimate of drug-likeness (QED) is 0.639. The van der Waals surface area contributed by atoms with Crippen LogP contribution in [0.25, 0.3) is 0 Å². The van der Waals surface area contributed by atoms with E-state index in [9.17, 15) is 4.39 Å². The topological polar surface area (TPSA) is 32.3 Å². The van der Waals surface area contributed by atoms with Crippen LogP contribution < -0.4 is 5.48 Å². The molecule has 0 saturated heterocycles. The van der Waals surface area contributed by atoms with Gasteiger partial charge in [0, 0.05) is 0 Å². The first kappa shape index (κ1) is 8.17. The summed E-state index contributed by atoms with van der Waals surface area (Å²) in [6, 6.07) is 5.88. The van der Waals surface area contributed by atoms with Crippen LogP contribution in [0.2, 0.25) is 0 Å². The van der Waals surface area contributed by atoms with E-state index in [1.54, 1.807) is 19.1 Å². The molecule has 0 aliphatic heterocycles. The smallest absolute Gasteiger partial charge is 0.123 e. The zero-order chi connectivity index (χ0) is 8.27. The van der Waals surface area contributed by atoms with Gasteiger partial charge in [-0.05, 0) is 24.6 Å². The summed E-state index contributed by atoms with van der Waals surface area (Å²) >= 11 is 0. The molecule has 0 aromatic heterocycles. The molecule has 1 aromatic carbocycles.